The lowest BCUT2D eigenvalue weighted by atomic mass is 10.2. The molecule has 0 amide bonds. The Labute approximate surface area is 109 Å². The van der Waals surface area contributed by atoms with E-state index in [2.05, 4.69) is 14.9 Å². The third kappa shape index (κ3) is 2.41. The molecule has 1 heterocycles. The molecule has 0 radical (unpaired) electrons. The van der Waals surface area contributed by atoms with Crippen LogP contribution >= 0.6 is 11.6 Å². The first-order valence-electron chi connectivity index (χ1n) is 4.97. The van der Waals surface area contributed by atoms with Crippen molar-refractivity contribution in [1.29, 1.82) is 0 Å². The van der Waals surface area contributed by atoms with E-state index in [0.717, 1.165) is 0 Å². The van der Waals surface area contributed by atoms with Crippen LogP contribution in [0.25, 0.3) is 0 Å². The zero-order chi connectivity index (χ0) is 13.3. The summed E-state index contributed by atoms with van der Waals surface area (Å²) < 4.78 is 26.6. The Balaban J connectivity index is 2.44. The Morgan fingerprint density at radius 3 is 2.78 bits per heavy atom. The van der Waals surface area contributed by atoms with Crippen molar-refractivity contribution in [3.05, 3.63) is 35.1 Å². The van der Waals surface area contributed by atoms with E-state index in [1.165, 1.54) is 24.5 Å². The van der Waals surface area contributed by atoms with Crippen molar-refractivity contribution >= 4 is 33.0 Å². The second-order valence-electron chi connectivity index (χ2n) is 3.73. The molecule has 96 valence electrons. The van der Waals surface area contributed by atoms with Gasteiger partial charge in [-0.15, -0.1) is 0 Å². The molecule has 0 fully saturated rings. The number of H-pyrrole nitrogens is 1. The molecule has 0 saturated carbocycles. The van der Waals surface area contributed by atoms with Crippen molar-refractivity contribution in [2.75, 3.05) is 10.5 Å². The molecule has 8 heteroatoms. The van der Waals surface area contributed by atoms with Gasteiger partial charge in [0.1, 0.15) is 0 Å². The molecule has 0 saturated heterocycles. The van der Waals surface area contributed by atoms with Gasteiger partial charge in [0, 0.05) is 6.20 Å². The van der Waals surface area contributed by atoms with E-state index < -0.39 is 10.0 Å². The van der Waals surface area contributed by atoms with Crippen LogP contribution in [0.4, 0.5) is 11.4 Å². The molecule has 2 rings (SSSR count). The first-order valence-corrected chi connectivity index (χ1v) is 6.83. The maximum Gasteiger partial charge on any atom is 0.262 e. The van der Waals surface area contributed by atoms with Crippen molar-refractivity contribution in [1.82, 2.24) is 10.2 Å². The van der Waals surface area contributed by atoms with Gasteiger partial charge in [0.05, 0.1) is 27.5 Å². The van der Waals surface area contributed by atoms with Crippen molar-refractivity contribution in [2.24, 2.45) is 0 Å². The average Bonchev–Trinajstić information content (AvgIpc) is 2.75. The highest BCUT2D eigenvalue weighted by Crippen LogP contribution is 2.27. The maximum absolute atomic E-state index is 12.1. The van der Waals surface area contributed by atoms with E-state index in [1.54, 1.807) is 6.92 Å². The molecule has 0 spiro atoms. The summed E-state index contributed by atoms with van der Waals surface area (Å²) in [7, 11) is -3.70. The Morgan fingerprint density at radius 1 is 1.44 bits per heavy atom. The van der Waals surface area contributed by atoms with Gasteiger partial charge < -0.3 is 5.73 Å². The van der Waals surface area contributed by atoms with Crippen LogP contribution < -0.4 is 10.5 Å². The fourth-order valence-electron chi connectivity index (χ4n) is 1.47. The predicted octanol–water partition coefficient (Wildman–Crippen LogP) is 1.75. The normalized spacial score (nSPS) is 11.4. The molecular weight excluding hydrogens is 276 g/mol. The molecule has 0 aliphatic rings. The summed E-state index contributed by atoms with van der Waals surface area (Å²) in [6, 6.07) is 2.85. The summed E-state index contributed by atoms with van der Waals surface area (Å²) >= 11 is 5.82. The Bertz CT molecular complexity index is 667. The van der Waals surface area contributed by atoms with Crippen LogP contribution in [0.5, 0.6) is 0 Å². The molecule has 1 aromatic heterocycles. The smallest absolute Gasteiger partial charge is 0.262 e. The van der Waals surface area contributed by atoms with Gasteiger partial charge >= 0.3 is 0 Å². The molecule has 0 bridgehead atoms. The van der Waals surface area contributed by atoms with Gasteiger partial charge in [-0.05, 0) is 24.6 Å². The van der Waals surface area contributed by atoms with Gasteiger partial charge in [-0.1, -0.05) is 11.6 Å². The molecular formula is C10H11ClN4O2S. The monoisotopic (exact) mass is 286 g/mol. The van der Waals surface area contributed by atoms with Gasteiger partial charge in [-0.25, -0.2) is 8.42 Å². The fraction of sp³-hybridized carbons (Fsp3) is 0.100. The number of nitrogens with zero attached hydrogens (tertiary/aromatic N) is 1. The first kappa shape index (κ1) is 12.7. The molecule has 0 aliphatic carbocycles. The van der Waals surface area contributed by atoms with Crippen LogP contribution in [0.2, 0.25) is 5.02 Å². The minimum atomic E-state index is -3.70. The quantitative estimate of drug-likeness (QED) is 0.748. The number of nitrogens with one attached hydrogen (secondary N) is 2. The summed E-state index contributed by atoms with van der Waals surface area (Å²) in [5.41, 5.74) is 6.70. The molecule has 0 unspecified atom stereocenters. The first-order chi connectivity index (χ1) is 8.40. The predicted molar refractivity (Wildman–Crippen MR) is 70.0 cm³/mol. The molecule has 4 N–H and O–H groups in total. The number of aromatic nitrogens is 2. The molecule has 2 aromatic rings. The van der Waals surface area contributed by atoms with E-state index >= 15 is 0 Å². The van der Waals surface area contributed by atoms with Crippen LogP contribution in [0.1, 0.15) is 5.56 Å². The van der Waals surface area contributed by atoms with E-state index in [4.69, 9.17) is 17.3 Å². The number of aryl methyl sites for hydroxylation is 1. The minimum Gasteiger partial charge on any atom is -0.397 e. The number of rotatable bonds is 3. The highest BCUT2D eigenvalue weighted by atomic mass is 35.5. The second-order valence-corrected chi connectivity index (χ2v) is 5.79. The van der Waals surface area contributed by atoms with Crippen LogP contribution in [0.3, 0.4) is 0 Å². The molecule has 18 heavy (non-hydrogen) atoms. The van der Waals surface area contributed by atoms with Crippen LogP contribution in [0, 0.1) is 6.92 Å². The Kier molecular flexibility index (Phi) is 3.18. The number of nitrogen functional groups attached to an aromatic ring is 1. The standard InChI is InChI=1S/C10H11ClN4O2S/c1-6-2-8(11)9(12)3-10(6)18(16,17)15-7-4-13-14-5-7/h2-5,15H,12H2,1H3,(H,13,14). The summed E-state index contributed by atoms with van der Waals surface area (Å²) in [5.74, 6) is 0. The summed E-state index contributed by atoms with van der Waals surface area (Å²) in [6.45, 7) is 1.65. The molecule has 0 atom stereocenters. The molecule has 1 aromatic carbocycles. The van der Waals surface area contributed by atoms with Crippen molar-refractivity contribution in [2.45, 2.75) is 11.8 Å². The number of halogens is 1. The Hall–Kier alpha value is -1.73. The zero-order valence-corrected chi connectivity index (χ0v) is 11.0. The summed E-state index contributed by atoms with van der Waals surface area (Å²) in [4.78, 5) is 0.0885. The number of anilines is 2. The van der Waals surface area contributed by atoms with Crippen molar-refractivity contribution in [3.63, 3.8) is 0 Å². The number of benzene rings is 1. The lowest BCUT2D eigenvalue weighted by Crippen LogP contribution is -2.14. The van der Waals surface area contributed by atoms with Crippen molar-refractivity contribution < 1.29 is 8.42 Å². The van der Waals surface area contributed by atoms with Gasteiger partial charge in [0.25, 0.3) is 10.0 Å². The number of hydrogen-bond acceptors (Lipinski definition) is 4. The largest absolute Gasteiger partial charge is 0.397 e. The fourth-order valence-corrected chi connectivity index (χ4v) is 2.99. The van der Waals surface area contributed by atoms with E-state index in [9.17, 15) is 8.42 Å². The molecule has 0 aliphatic heterocycles. The summed E-state index contributed by atoms with van der Waals surface area (Å²) in [5, 5.41) is 6.50. The van der Waals surface area contributed by atoms with Gasteiger partial charge in [0.15, 0.2) is 0 Å². The lowest BCUT2D eigenvalue weighted by Gasteiger charge is -2.10. The highest BCUT2D eigenvalue weighted by molar-refractivity contribution is 7.92. The van der Waals surface area contributed by atoms with Gasteiger partial charge in [0.2, 0.25) is 0 Å². The SMILES string of the molecule is Cc1cc(Cl)c(N)cc1S(=O)(=O)Nc1cn[nH]c1. The summed E-state index contributed by atoms with van der Waals surface area (Å²) in [6.07, 6.45) is 2.80. The number of nitrogens with two attached hydrogens (primary N) is 1. The van der Waals surface area contributed by atoms with Crippen LogP contribution in [0.15, 0.2) is 29.4 Å². The highest BCUT2D eigenvalue weighted by Gasteiger charge is 2.18. The van der Waals surface area contributed by atoms with Gasteiger partial charge in [-0.2, -0.15) is 5.10 Å². The average molecular weight is 287 g/mol. The van der Waals surface area contributed by atoms with Crippen molar-refractivity contribution in [3.8, 4) is 0 Å². The number of sulfonamides is 1. The third-order valence-electron chi connectivity index (χ3n) is 2.33. The number of hydrogen-bond donors (Lipinski definition) is 3. The lowest BCUT2D eigenvalue weighted by molar-refractivity contribution is 0.600. The van der Waals surface area contributed by atoms with E-state index in [0.29, 0.717) is 16.3 Å². The minimum absolute atomic E-state index is 0.0885. The number of aromatic amines is 1. The molecule has 6 nitrogen and oxygen atoms in total. The third-order valence-corrected chi connectivity index (χ3v) is 4.18. The zero-order valence-electron chi connectivity index (χ0n) is 9.44. The van der Waals surface area contributed by atoms with Crippen LogP contribution in [-0.4, -0.2) is 18.6 Å². The van der Waals surface area contributed by atoms with Crippen LogP contribution in [-0.2, 0) is 10.0 Å². The van der Waals surface area contributed by atoms with E-state index in [-0.39, 0.29) is 10.6 Å². The topological polar surface area (TPSA) is 101 Å². The Morgan fingerprint density at radius 2 is 2.17 bits per heavy atom. The maximum atomic E-state index is 12.1. The second kappa shape index (κ2) is 4.51. The van der Waals surface area contributed by atoms with Gasteiger partial charge in [-0.3, -0.25) is 9.82 Å². The van der Waals surface area contributed by atoms with E-state index in [1.807, 2.05) is 0 Å².